The normalized spacial score (nSPS) is 19.0. The van der Waals surface area contributed by atoms with Crippen molar-refractivity contribution in [2.24, 2.45) is 5.41 Å². The molecule has 0 aromatic carbocycles. The highest BCUT2D eigenvalue weighted by atomic mass is 16.5. The van der Waals surface area contributed by atoms with Crippen molar-refractivity contribution < 1.29 is 9.53 Å². The zero-order valence-electron chi connectivity index (χ0n) is 15.5. The van der Waals surface area contributed by atoms with Crippen LogP contribution in [0.15, 0.2) is 22.5 Å². The molecule has 0 radical (unpaired) electrons. The predicted molar refractivity (Wildman–Crippen MR) is 93.8 cm³/mol. The molecular formula is C20H34O2. The Balaban J connectivity index is 2.77. The van der Waals surface area contributed by atoms with Gasteiger partial charge in [0.2, 0.25) is 0 Å². The van der Waals surface area contributed by atoms with E-state index >= 15 is 0 Å². The van der Waals surface area contributed by atoms with Crippen LogP contribution in [-0.2, 0) is 9.53 Å². The average molecular weight is 306 g/mol. The maximum Gasteiger partial charge on any atom is 0.130 e. The van der Waals surface area contributed by atoms with Gasteiger partial charge in [-0.1, -0.05) is 25.0 Å². The van der Waals surface area contributed by atoms with Crippen molar-refractivity contribution in [2.45, 2.75) is 86.5 Å². The van der Waals surface area contributed by atoms with E-state index in [1.54, 1.807) is 18.1 Å². The van der Waals surface area contributed by atoms with Gasteiger partial charge in [-0.05, 0) is 70.8 Å². The van der Waals surface area contributed by atoms with Crippen LogP contribution >= 0.6 is 0 Å². The first-order valence-electron chi connectivity index (χ1n) is 8.78. The summed E-state index contributed by atoms with van der Waals surface area (Å²) in [6, 6.07) is 0. The van der Waals surface area contributed by atoms with Crippen molar-refractivity contribution in [2.75, 3.05) is 6.61 Å². The van der Waals surface area contributed by atoms with E-state index in [2.05, 4.69) is 27.7 Å². The lowest BCUT2D eigenvalue weighted by Crippen LogP contribution is -2.20. The minimum atomic E-state index is 0.233. The summed E-state index contributed by atoms with van der Waals surface area (Å²) < 4.78 is 5.78. The Morgan fingerprint density at radius 1 is 1.18 bits per heavy atom. The summed E-state index contributed by atoms with van der Waals surface area (Å²) in [7, 11) is 0. The molecule has 0 aromatic heterocycles. The summed E-state index contributed by atoms with van der Waals surface area (Å²) in [6.45, 7) is 13.6. The van der Waals surface area contributed by atoms with Crippen LogP contribution in [0, 0.1) is 5.41 Å². The number of ketones is 1. The van der Waals surface area contributed by atoms with Gasteiger partial charge in [-0.15, -0.1) is 0 Å². The standard InChI is InChI=1S/C20H34O2/c1-7-22-19(13-11-17(4)21)16(3)10-12-18-15(2)9-8-14-20(18,5)6/h7-14H2,1-6H3. The van der Waals surface area contributed by atoms with Gasteiger partial charge < -0.3 is 9.53 Å². The van der Waals surface area contributed by atoms with Crippen molar-refractivity contribution in [1.29, 1.82) is 0 Å². The summed E-state index contributed by atoms with van der Waals surface area (Å²) in [5.41, 5.74) is 4.88. The largest absolute Gasteiger partial charge is 0.498 e. The third-order valence-electron chi connectivity index (χ3n) is 4.93. The lowest BCUT2D eigenvalue weighted by Gasteiger charge is -2.35. The molecule has 0 spiro atoms. The van der Waals surface area contributed by atoms with Gasteiger partial charge in [0, 0.05) is 12.8 Å². The summed E-state index contributed by atoms with van der Waals surface area (Å²) in [6.07, 6.45) is 7.37. The third-order valence-corrected chi connectivity index (χ3v) is 4.93. The first kappa shape index (κ1) is 19.0. The van der Waals surface area contributed by atoms with Gasteiger partial charge in [0.25, 0.3) is 0 Å². The molecule has 0 bridgehead atoms. The van der Waals surface area contributed by atoms with Crippen LogP contribution in [0.1, 0.15) is 86.5 Å². The first-order chi connectivity index (χ1) is 10.3. The van der Waals surface area contributed by atoms with E-state index < -0.39 is 0 Å². The Morgan fingerprint density at radius 3 is 2.41 bits per heavy atom. The number of carbonyl (C=O) groups is 1. The number of carbonyl (C=O) groups excluding carboxylic acids is 1. The van der Waals surface area contributed by atoms with Crippen LogP contribution in [0.5, 0.6) is 0 Å². The summed E-state index contributed by atoms with van der Waals surface area (Å²) in [4.78, 5) is 11.2. The predicted octanol–water partition coefficient (Wildman–Crippen LogP) is 5.97. The molecule has 0 heterocycles. The number of ether oxygens (including phenoxy) is 1. The Kier molecular flexibility index (Phi) is 7.38. The van der Waals surface area contributed by atoms with Crippen molar-refractivity contribution in [3.63, 3.8) is 0 Å². The van der Waals surface area contributed by atoms with Crippen LogP contribution < -0.4 is 0 Å². The highest BCUT2D eigenvalue weighted by molar-refractivity contribution is 5.75. The fourth-order valence-corrected chi connectivity index (χ4v) is 3.55. The highest BCUT2D eigenvalue weighted by Crippen LogP contribution is 2.42. The fourth-order valence-electron chi connectivity index (χ4n) is 3.55. The average Bonchev–Trinajstić information content (AvgIpc) is 2.41. The monoisotopic (exact) mass is 306 g/mol. The molecule has 0 aromatic rings. The number of hydrogen-bond acceptors (Lipinski definition) is 2. The Hall–Kier alpha value is -1.05. The molecule has 126 valence electrons. The number of rotatable bonds is 8. The van der Waals surface area contributed by atoms with Crippen molar-refractivity contribution in [1.82, 2.24) is 0 Å². The summed E-state index contributed by atoms with van der Waals surface area (Å²) >= 11 is 0. The quantitative estimate of drug-likeness (QED) is 0.408. The SMILES string of the molecule is CCOC(CCC(C)=O)=C(C)CCC1=C(C)CCCC1(C)C. The minimum absolute atomic E-state index is 0.233. The van der Waals surface area contributed by atoms with Gasteiger partial charge in [-0.25, -0.2) is 0 Å². The fraction of sp³-hybridized carbons (Fsp3) is 0.750. The molecule has 0 saturated heterocycles. The molecule has 0 aliphatic heterocycles. The molecule has 22 heavy (non-hydrogen) atoms. The van der Waals surface area contributed by atoms with E-state index in [0.717, 1.165) is 25.0 Å². The Labute approximate surface area is 137 Å². The molecule has 0 unspecified atom stereocenters. The van der Waals surface area contributed by atoms with E-state index in [1.807, 2.05) is 6.92 Å². The van der Waals surface area contributed by atoms with E-state index in [1.165, 1.54) is 24.8 Å². The number of allylic oxidation sites excluding steroid dienone is 4. The molecule has 1 aliphatic carbocycles. The zero-order valence-corrected chi connectivity index (χ0v) is 15.5. The maximum atomic E-state index is 11.2. The number of hydrogen-bond donors (Lipinski definition) is 0. The topological polar surface area (TPSA) is 26.3 Å². The molecule has 1 aliphatic rings. The molecular weight excluding hydrogens is 272 g/mol. The molecule has 0 amide bonds. The molecule has 0 N–H and O–H groups in total. The van der Waals surface area contributed by atoms with Gasteiger partial charge in [0.15, 0.2) is 0 Å². The second-order valence-corrected chi connectivity index (χ2v) is 7.33. The van der Waals surface area contributed by atoms with E-state index in [9.17, 15) is 4.79 Å². The van der Waals surface area contributed by atoms with Crippen LogP contribution in [-0.4, -0.2) is 12.4 Å². The van der Waals surface area contributed by atoms with Gasteiger partial charge in [-0.2, -0.15) is 0 Å². The molecule has 0 atom stereocenters. The second kappa shape index (κ2) is 8.55. The molecule has 2 heteroatoms. The maximum absolute atomic E-state index is 11.2. The van der Waals surface area contributed by atoms with Crippen LogP contribution in [0.25, 0.3) is 0 Å². The zero-order chi connectivity index (χ0) is 16.8. The van der Waals surface area contributed by atoms with Crippen molar-refractivity contribution in [3.05, 3.63) is 22.5 Å². The van der Waals surface area contributed by atoms with Crippen LogP contribution in [0.2, 0.25) is 0 Å². The van der Waals surface area contributed by atoms with Gasteiger partial charge >= 0.3 is 0 Å². The van der Waals surface area contributed by atoms with Gasteiger partial charge in [-0.3, -0.25) is 0 Å². The van der Waals surface area contributed by atoms with E-state index in [4.69, 9.17) is 4.74 Å². The van der Waals surface area contributed by atoms with Gasteiger partial charge in [0.1, 0.15) is 5.78 Å². The van der Waals surface area contributed by atoms with Gasteiger partial charge in [0.05, 0.1) is 12.4 Å². The molecule has 0 saturated carbocycles. The Morgan fingerprint density at radius 2 is 1.86 bits per heavy atom. The number of Topliss-reactive ketones (excluding diaryl/α,β-unsaturated/α-hetero) is 1. The van der Waals surface area contributed by atoms with Crippen LogP contribution in [0.4, 0.5) is 0 Å². The van der Waals surface area contributed by atoms with E-state index in [0.29, 0.717) is 18.4 Å². The summed E-state index contributed by atoms with van der Waals surface area (Å²) in [5.74, 6) is 1.27. The third kappa shape index (κ3) is 5.62. The molecule has 1 rings (SSSR count). The molecule has 0 fully saturated rings. The second-order valence-electron chi connectivity index (χ2n) is 7.33. The van der Waals surface area contributed by atoms with Crippen molar-refractivity contribution >= 4 is 5.78 Å². The minimum Gasteiger partial charge on any atom is -0.498 e. The lowest BCUT2D eigenvalue weighted by atomic mass is 9.71. The Bertz CT molecular complexity index is 452. The van der Waals surface area contributed by atoms with Crippen molar-refractivity contribution in [3.8, 4) is 0 Å². The van der Waals surface area contributed by atoms with Crippen LogP contribution in [0.3, 0.4) is 0 Å². The lowest BCUT2D eigenvalue weighted by molar-refractivity contribution is -0.117. The molecule has 2 nitrogen and oxygen atoms in total. The highest BCUT2D eigenvalue weighted by Gasteiger charge is 2.27. The summed E-state index contributed by atoms with van der Waals surface area (Å²) in [5, 5.41) is 0. The first-order valence-corrected chi connectivity index (χ1v) is 8.78. The smallest absolute Gasteiger partial charge is 0.130 e. The van der Waals surface area contributed by atoms with E-state index in [-0.39, 0.29) is 5.78 Å².